The molecule has 94 valence electrons. The van der Waals surface area contributed by atoms with Gasteiger partial charge in [-0.25, -0.2) is 4.79 Å². The van der Waals surface area contributed by atoms with E-state index in [1.807, 2.05) is 27.7 Å². The highest BCUT2D eigenvalue weighted by Crippen LogP contribution is 2.21. The maximum atomic E-state index is 11.8. The van der Waals surface area contributed by atoms with Crippen LogP contribution in [-0.4, -0.2) is 23.0 Å². The van der Waals surface area contributed by atoms with Gasteiger partial charge in [0.05, 0.1) is 4.88 Å². The molecule has 1 unspecified atom stereocenters. The fourth-order valence-electron chi connectivity index (χ4n) is 1.06. The lowest BCUT2D eigenvalue weighted by Gasteiger charge is -2.27. The topological polar surface area (TPSA) is 66.4 Å². The van der Waals surface area contributed by atoms with E-state index in [2.05, 4.69) is 5.32 Å². The van der Waals surface area contributed by atoms with Crippen molar-refractivity contribution in [2.45, 2.75) is 33.7 Å². The molecule has 17 heavy (non-hydrogen) atoms. The Balaban J connectivity index is 2.73. The van der Waals surface area contributed by atoms with Crippen LogP contribution < -0.4 is 5.32 Å². The van der Waals surface area contributed by atoms with Gasteiger partial charge in [0.2, 0.25) is 0 Å². The quantitative estimate of drug-likeness (QED) is 0.872. The van der Waals surface area contributed by atoms with E-state index in [0.717, 1.165) is 11.3 Å². The number of thiophene rings is 1. The van der Waals surface area contributed by atoms with Gasteiger partial charge < -0.3 is 10.4 Å². The van der Waals surface area contributed by atoms with Crippen molar-refractivity contribution in [2.24, 2.45) is 5.41 Å². The Labute approximate surface area is 105 Å². The Morgan fingerprint density at radius 1 is 1.29 bits per heavy atom. The average molecular weight is 255 g/mol. The van der Waals surface area contributed by atoms with E-state index >= 15 is 0 Å². The van der Waals surface area contributed by atoms with Gasteiger partial charge in [-0.15, -0.1) is 11.3 Å². The van der Waals surface area contributed by atoms with Crippen molar-refractivity contribution < 1.29 is 14.7 Å². The minimum Gasteiger partial charge on any atom is -0.477 e. The molecule has 1 heterocycles. The standard InChI is InChI=1S/C12H17NO3S/c1-7(12(2,3)4)13-10(14)8-5-6-9(17-8)11(15)16/h5-7H,1-4H3,(H,13,14)(H,15,16). The lowest BCUT2D eigenvalue weighted by molar-refractivity contribution is 0.0702. The van der Waals surface area contributed by atoms with Crippen LogP contribution in [0.15, 0.2) is 12.1 Å². The smallest absolute Gasteiger partial charge is 0.345 e. The number of rotatable bonds is 3. The van der Waals surface area contributed by atoms with Crippen molar-refractivity contribution in [2.75, 3.05) is 0 Å². The summed E-state index contributed by atoms with van der Waals surface area (Å²) >= 11 is 0.990. The molecule has 0 radical (unpaired) electrons. The van der Waals surface area contributed by atoms with Crippen LogP contribution >= 0.6 is 11.3 Å². The predicted octanol–water partition coefficient (Wildman–Crippen LogP) is 2.61. The van der Waals surface area contributed by atoms with Crippen molar-refractivity contribution in [1.29, 1.82) is 0 Å². The summed E-state index contributed by atoms with van der Waals surface area (Å²) in [4.78, 5) is 23.1. The highest BCUT2D eigenvalue weighted by atomic mass is 32.1. The maximum Gasteiger partial charge on any atom is 0.345 e. The normalized spacial score (nSPS) is 13.2. The van der Waals surface area contributed by atoms with Crippen molar-refractivity contribution in [3.8, 4) is 0 Å². The molecule has 0 bridgehead atoms. The number of carboxylic acid groups (broad SMARTS) is 1. The largest absolute Gasteiger partial charge is 0.477 e. The number of hydrogen-bond acceptors (Lipinski definition) is 3. The number of carboxylic acids is 1. The summed E-state index contributed by atoms with van der Waals surface area (Å²) in [5.74, 6) is -1.22. The van der Waals surface area contributed by atoms with Gasteiger partial charge in [-0.05, 0) is 24.5 Å². The van der Waals surface area contributed by atoms with Crippen LogP contribution in [0.5, 0.6) is 0 Å². The lowest BCUT2D eigenvalue weighted by atomic mass is 9.88. The Morgan fingerprint density at radius 3 is 2.24 bits per heavy atom. The van der Waals surface area contributed by atoms with E-state index in [1.165, 1.54) is 6.07 Å². The van der Waals surface area contributed by atoms with Crippen LogP contribution in [0, 0.1) is 5.41 Å². The van der Waals surface area contributed by atoms with E-state index in [-0.39, 0.29) is 22.2 Å². The highest BCUT2D eigenvalue weighted by molar-refractivity contribution is 7.15. The first-order valence-corrected chi connectivity index (χ1v) is 6.17. The fourth-order valence-corrected chi connectivity index (χ4v) is 1.81. The fraction of sp³-hybridized carbons (Fsp3) is 0.500. The monoisotopic (exact) mass is 255 g/mol. The molecule has 4 nitrogen and oxygen atoms in total. The van der Waals surface area contributed by atoms with E-state index < -0.39 is 5.97 Å². The minimum atomic E-state index is -1.00. The highest BCUT2D eigenvalue weighted by Gasteiger charge is 2.23. The first kappa shape index (κ1) is 13.7. The summed E-state index contributed by atoms with van der Waals surface area (Å²) in [6.45, 7) is 8.04. The van der Waals surface area contributed by atoms with Crippen molar-refractivity contribution in [3.05, 3.63) is 21.9 Å². The molecule has 0 fully saturated rings. The molecule has 0 saturated carbocycles. The maximum absolute atomic E-state index is 11.8. The zero-order valence-electron chi connectivity index (χ0n) is 10.4. The van der Waals surface area contributed by atoms with Gasteiger partial charge in [-0.3, -0.25) is 4.79 Å². The average Bonchev–Trinajstić information content (AvgIpc) is 2.64. The molecule has 0 saturated heterocycles. The molecule has 2 N–H and O–H groups in total. The van der Waals surface area contributed by atoms with Crippen LogP contribution in [0.25, 0.3) is 0 Å². The number of carbonyl (C=O) groups excluding carboxylic acids is 1. The number of amides is 1. The second kappa shape index (κ2) is 4.87. The molecule has 1 rings (SSSR count). The van der Waals surface area contributed by atoms with E-state index in [1.54, 1.807) is 6.07 Å². The van der Waals surface area contributed by atoms with Crippen LogP contribution in [0.3, 0.4) is 0 Å². The molecular weight excluding hydrogens is 238 g/mol. The van der Waals surface area contributed by atoms with Crippen LogP contribution in [0.1, 0.15) is 47.0 Å². The zero-order valence-corrected chi connectivity index (χ0v) is 11.2. The van der Waals surface area contributed by atoms with Gasteiger partial charge in [0.25, 0.3) is 5.91 Å². The van der Waals surface area contributed by atoms with Gasteiger partial charge in [0.15, 0.2) is 0 Å². The summed E-state index contributed by atoms with van der Waals surface area (Å²) in [6.07, 6.45) is 0. The molecule has 5 heteroatoms. The molecule has 0 spiro atoms. The molecule has 0 aliphatic rings. The molecule has 1 aromatic heterocycles. The Hall–Kier alpha value is -1.36. The van der Waals surface area contributed by atoms with Gasteiger partial charge in [-0.2, -0.15) is 0 Å². The van der Waals surface area contributed by atoms with Crippen LogP contribution in [0.2, 0.25) is 0 Å². The summed E-state index contributed by atoms with van der Waals surface area (Å²) in [5.41, 5.74) is -0.0253. The molecule has 0 aromatic carbocycles. The molecular formula is C12H17NO3S. The first-order chi connectivity index (χ1) is 7.71. The van der Waals surface area contributed by atoms with Crippen molar-refractivity contribution in [1.82, 2.24) is 5.32 Å². The number of hydrogen-bond donors (Lipinski definition) is 2. The van der Waals surface area contributed by atoms with Crippen LogP contribution in [-0.2, 0) is 0 Å². The van der Waals surface area contributed by atoms with Crippen molar-refractivity contribution >= 4 is 23.2 Å². The summed E-state index contributed by atoms with van der Waals surface area (Å²) in [6, 6.07) is 3.01. The third-order valence-electron chi connectivity index (χ3n) is 2.69. The summed E-state index contributed by atoms with van der Waals surface area (Å²) in [5, 5.41) is 11.6. The zero-order chi connectivity index (χ0) is 13.2. The SMILES string of the molecule is CC(NC(=O)c1ccc(C(=O)O)s1)C(C)(C)C. The predicted molar refractivity (Wildman–Crippen MR) is 67.7 cm³/mol. The second-order valence-corrected chi connectivity index (χ2v) is 6.11. The van der Waals surface area contributed by atoms with E-state index in [4.69, 9.17) is 5.11 Å². The lowest BCUT2D eigenvalue weighted by Crippen LogP contribution is -2.41. The Bertz CT molecular complexity index is 431. The Morgan fingerprint density at radius 2 is 1.82 bits per heavy atom. The first-order valence-electron chi connectivity index (χ1n) is 5.36. The molecule has 0 aliphatic carbocycles. The molecule has 1 amide bonds. The summed E-state index contributed by atoms with van der Waals surface area (Å²) < 4.78 is 0. The summed E-state index contributed by atoms with van der Waals surface area (Å²) in [7, 11) is 0. The second-order valence-electron chi connectivity index (χ2n) is 5.03. The molecule has 1 aromatic rings. The Kier molecular flexibility index (Phi) is 3.93. The third-order valence-corrected chi connectivity index (χ3v) is 3.76. The third kappa shape index (κ3) is 3.56. The van der Waals surface area contributed by atoms with Gasteiger partial charge in [0, 0.05) is 6.04 Å². The van der Waals surface area contributed by atoms with Gasteiger partial charge in [0.1, 0.15) is 4.88 Å². The number of aromatic carboxylic acids is 1. The van der Waals surface area contributed by atoms with Gasteiger partial charge in [-0.1, -0.05) is 20.8 Å². The van der Waals surface area contributed by atoms with E-state index in [9.17, 15) is 9.59 Å². The number of nitrogens with one attached hydrogen (secondary N) is 1. The van der Waals surface area contributed by atoms with Crippen molar-refractivity contribution in [3.63, 3.8) is 0 Å². The van der Waals surface area contributed by atoms with E-state index in [0.29, 0.717) is 4.88 Å². The number of carbonyl (C=O) groups is 2. The molecule has 1 atom stereocenters. The van der Waals surface area contributed by atoms with Gasteiger partial charge >= 0.3 is 5.97 Å². The minimum absolute atomic E-state index is 0.0189. The molecule has 0 aliphatic heterocycles. The van der Waals surface area contributed by atoms with Crippen LogP contribution in [0.4, 0.5) is 0 Å².